The summed E-state index contributed by atoms with van der Waals surface area (Å²) in [6.45, 7) is 4.73. The summed E-state index contributed by atoms with van der Waals surface area (Å²) in [6, 6.07) is 83.0. The molecule has 1 heteroatoms. The second-order valence-corrected chi connectivity index (χ2v) is 16.4. The van der Waals surface area contributed by atoms with Crippen LogP contribution in [0.25, 0.3) is 44.5 Å². The van der Waals surface area contributed by atoms with Crippen LogP contribution in [-0.4, -0.2) is 0 Å². The lowest BCUT2D eigenvalue weighted by atomic mass is 9.67. The maximum absolute atomic E-state index is 2.52. The summed E-state index contributed by atoms with van der Waals surface area (Å²) in [5, 5.41) is 0. The molecule has 59 heavy (non-hydrogen) atoms. The molecule has 1 nitrogen and oxygen atoms in total. The lowest BCUT2D eigenvalue weighted by Crippen LogP contribution is -2.28. The molecule has 11 rings (SSSR count). The van der Waals surface area contributed by atoms with Gasteiger partial charge in [-0.25, -0.2) is 0 Å². The maximum Gasteiger partial charge on any atom is 0.0714 e. The van der Waals surface area contributed by atoms with Crippen LogP contribution in [0.15, 0.2) is 224 Å². The largest absolute Gasteiger partial charge is 0.309 e. The van der Waals surface area contributed by atoms with Gasteiger partial charge in [0, 0.05) is 22.2 Å². The Morgan fingerprint density at radius 3 is 1.47 bits per heavy atom. The van der Waals surface area contributed by atoms with E-state index in [4.69, 9.17) is 0 Å². The van der Waals surface area contributed by atoms with Crippen LogP contribution >= 0.6 is 0 Å². The number of rotatable bonds is 7. The Bertz CT molecular complexity index is 2970. The van der Waals surface area contributed by atoms with Crippen molar-refractivity contribution in [3.05, 3.63) is 258 Å². The molecule has 0 aliphatic heterocycles. The van der Waals surface area contributed by atoms with Crippen molar-refractivity contribution in [1.82, 2.24) is 0 Å². The Morgan fingerprint density at radius 1 is 0.322 bits per heavy atom. The highest BCUT2D eigenvalue weighted by atomic mass is 15.1. The van der Waals surface area contributed by atoms with Gasteiger partial charge in [-0.05, 0) is 91.0 Å². The van der Waals surface area contributed by atoms with Gasteiger partial charge in [-0.2, -0.15) is 0 Å². The highest BCUT2D eigenvalue weighted by Crippen LogP contribution is 2.58. The van der Waals surface area contributed by atoms with E-state index in [-0.39, 0.29) is 5.41 Å². The summed E-state index contributed by atoms with van der Waals surface area (Å²) >= 11 is 0. The van der Waals surface area contributed by atoms with Crippen molar-refractivity contribution in [1.29, 1.82) is 0 Å². The van der Waals surface area contributed by atoms with Crippen LogP contribution in [0, 0.1) is 0 Å². The van der Waals surface area contributed by atoms with Crippen molar-refractivity contribution in [2.75, 3.05) is 4.90 Å². The summed E-state index contributed by atoms with van der Waals surface area (Å²) in [5.74, 6) is 0. The predicted octanol–water partition coefficient (Wildman–Crippen LogP) is 15.2. The molecule has 0 aromatic heterocycles. The average molecular weight is 754 g/mol. The molecular weight excluding hydrogens is 711 g/mol. The summed E-state index contributed by atoms with van der Waals surface area (Å²) < 4.78 is 0. The number of anilines is 3. The fraction of sp³-hybridized carbons (Fsp3) is 0.0690. The minimum Gasteiger partial charge on any atom is -0.309 e. The SMILES string of the molecule is CC1(C)c2ccccc2-c2c(-c3ccccc3N(c3ccc4c(c3)C(c3ccccc3)(c3ccccc3)c3ccccc3-4)c3ccccc3-c3ccccc3)cccc21. The van der Waals surface area contributed by atoms with Gasteiger partial charge in [0.2, 0.25) is 0 Å². The highest BCUT2D eigenvalue weighted by Gasteiger charge is 2.46. The van der Waals surface area contributed by atoms with Crippen LogP contribution in [0.3, 0.4) is 0 Å². The smallest absolute Gasteiger partial charge is 0.0714 e. The first-order valence-electron chi connectivity index (χ1n) is 20.7. The summed E-state index contributed by atoms with van der Waals surface area (Å²) in [4.78, 5) is 2.52. The summed E-state index contributed by atoms with van der Waals surface area (Å²) in [5.41, 5.74) is 20.6. The fourth-order valence-corrected chi connectivity index (χ4v) is 10.4. The topological polar surface area (TPSA) is 3.24 Å². The van der Waals surface area contributed by atoms with Crippen molar-refractivity contribution < 1.29 is 0 Å². The lowest BCUT2D eigenvalue weighted by Gasteiger charge is -2.35. The molecule has 9 aromatic carbocycles. The van der Waals surface area contributed by atoms with Crippen LogP contribution in [0.4, 0.5) is 17.1 Å². The van der Waals surface area contributed by atoms with Gasteiger partial charge in [0.25, 0.3) is 0 Å². The average Bonchev–Trinajstić information content (AvgIpc) is 3.73. The number of nitrogens with zero attached hydrogens (tertiary/aromatic N) is 1. The molecule has 0 saturated heterocycles. The van der Waals surface area contributed by atoms with Crippen LogP contribution in [0.5, 0.6) is 0 Å². The van der Waals surface area contributed by atoms with Crippen LogP contribution in [-0.2, 0) is 10.8 Å². The molecule has 9 aromatic rings. The minimum absolute atomic E-state index is 0.107. The van der Waals surface area contributed by atoms with Crippen molar-refractivity contribution in [3.63, 3.8) is 0 Å². The van der Waals surface area contributed by atoms with Crippen molar-refractivity contribution in [2.45, 2.75) is 24.7 Å². The molecule has 0 atom stereocenters. The molecule has 0 bridgehead atoms. The normalized spacial score (nSPS) is 13.9. The van der Waals surface area contributed by atoms with Gasteiger partial charge in [0.05, 0.1) is 16.8 Å². The standard InChI is InChI=1S/C58H43N/c1-57(2)50-32-16-13-30-49(50)56-48(31-20-34-52(56)57)47-29-15-19-36-55(47)59(54-35-18-14-27-44(54)40-21-6-3-7-22-40)43-37-38-46-45-28-12-17-33-51(45)58(53(46)39-43,41-23-8-4-9-24-41)42-25-10-5-11-26-42/h3-39H,1-2H3. The van der Waals surface area contributed by atoms with Gasteiger partial charge < -0.3 is 4.90 Å². The van der Waals surface area contributed by atoms with E-state index in [1.165, 1.54) is 77.9 Å². The maximum atomic E-state index is 2.52. The number of hydrogen-bond donors (Lipinski definition) is 0. The van der Waals surface area contributed by atoms with E-state index >= 15 is 0 Å². The first kappa shape index (κ1) is 35.0. The predicted molar refractivity (Wildman–Crippen MR) is 247 cm³/mol. The Labute approximate surface area is 347 Å². The van der Waals surface area contributed by atoms with Crippen LogP contribution in [0.1, 0.15) is 47.2 Å². The molecule has 0 N–H and O–H groups in total. The monoisotopic (exact) mass is 753 g/mol. The van der Waals surface area contributed by atoms with E-state index in [0.717, 1.165) is 17.1 Å². The van der Waals surface area contributed by atoms with Crippen molar-refractivity contribution in [2.24, 2.45) is 0 Å². The van der Waals surface area contributed by atoms with Crippen LogP contribution < -0.4 is 4.90 Å². The third-order valence-corrected chi connectivity index (χ3v) is 13.0. The highest BCUT2D eigenvalue weighted by molar-refractivity contribution is 6.00. The van der Waals surface area contributed by atoms with E-state index in [1.807, 2.05) is 0 Å². The quantitative estimate of drug-likeness (QED) is 0.157. The molecule has 2 aliphatic carbocycles. The van der Waals surface area contributed by atoms with Gasteiger partial charge >= 0.3 is 0 Å². The molecule has 280 valence electrons. The second kappa shape index (κ2) is 13.7. The fourth-order valence-electron chi connectivity index (χ4n) is 10.4. The molecule has 0 spiro atoms. The van der Waals surface area contributed by atoms with Gasteiger partial charge in [-0.1, -0.05) is 214 Å². The van der Waals surface area contributed by atoms with E-state index in [0.29, 0.717) is 0 Å². The number of benzene rings is 9. The zero-order chi connectivity index (χ0) is 39.6. The number of fused-ring (bicyclic) bond motifs is 6. The lowest BCUT2D eigenvalue weighted by molar-refractivity contribution is 0.660. The first-order valence-corrected chi connectivity index (χ1v) is 20.7. The zero-order valence-corrected chi connectivity index (χ0v) is 33.3. The number of para-hydroxylation sites is 2. The Balaban J connectivity index is 1.22. The molecule has 0 radical (unpaired) electrons. The molecular formula is C58H43N. The molecule has 0 fully saturated rings. The summed E-state index contributed by atoms with van der Waals surface area (Å²) in [6.07, 6.45) is 0. The molecule has 0 heterocycles. The van der Waals surface area contributed by atoms with Gasteiger partial charge in [-0.3, -0.25) is 0 Å². The van der Waals surface area contributed by atoms with Crippen LogP contribution in [0.2, 0.25) is 0 Å². The van der Waals surface area contributed by atoms with Gasteiger partial charge in [0.15, 0.2) is 0 Å². The first-order chi connectivity index (χ1) is 29.1. The third kappa shape index (κ3) is 5.25. The zero-order valence-electron chi connectivity index (χ0n) is 33.3. The van der Waals surface area contributed by atoms with Gasteiger partial charge in [0.1, 0.15) is 0 Å². The van der Waals surface area contributed by atoms with E-state index < -0.39 is 5.41 Å². The van der Waals surface area contributed by atoms with Crippen molar-refractivity contribution in [3.8, 4) is 44.5 Å². The van der Waals surface area contributed by atoms with E-state index in [1.54, 1.807) is 0 Å². The molecule has 2 aliphatic rings. The molecule has 0 amide bonds. The van der Waals surface area contributed by atoms with E-state index in [2.05, 4.69) is 243 Å². The second-order valence-electron chi connectivity index (χ2n) is 16.4. The molecule has 0 unspecified atom stereocenters. The number of hydrogen-bond acceptors (Lipinski definition) is 1. The third-order valence-electron chi connectivity index (χ3n) is 13.0. The Hall–Kier alpha value is -7.22. The van der Waals surface area contributed by atoms with E-state index in [9.17, 15) is 0 Å². The molecule has 0 saturated carbocycles. The van der Waals surface area contributed by atoms with Crippen molar-refractivity contribution >= 4 is 17.1 Å². The van der Waals surface area contributed by atoms with Gasteiger partial charge in [-0.15, -0.1) is 0 Å². The minimum atomic E-state index is -0.524. The Kier molecular flexibility index (Phi) is 8.13. The Morgan fingerprint density at radius 2 is 0.797 bits per heavy atom. The summed E-state index contributed by atoms with van der Waals surface area (Å²) in [7, 11) is 0.